The van der Waals surface area contributed by atoms with Crippen molar-refractivity contribution in [3.8, 4) is 0 Å². The standard InChI is InChI=1S/C12H19NO/c1-10(13-14-12(2,3)4)11-8-6-5-7-9-11/h5-10,13H,1-4H3/t10-/m1/s1. The molecule has 2 nitrogen and oxygen atoms in total. The first-order valence-electron chi connectivity index (χ1n) is 4.97. The predicted octanol–water partition coefficient (Wildman–Crippen LogP) is 3.07. The van der Waals surface area contributed by atoms with E-state index in [2.05, 4.69) is 24.5 Å². The maximum atomic E-state index is 5.50. The van der Waals surface area contributed by atoms with E-state index in [4.69, 9.17) is 4.84 Å². The zero-order valence-electron chi connectivity index (χ0n) is 9.37. The van der Waals surface area contributed by atoms with E-state index in [1.165, 1.54) is 5.56 Å². The van der Waals surface area contributed by atoms with Crippen LogP contribution < -0.4 is 5.48 Å². The van der Waals surface area contributed by atoms with Gasteiger partial charge >= 0.3 is 0 Å². The molecule has 78 valence electrons. The summed E-state index contributed by atoms with van der Waals surface area (Å²) in [5, 5.41) is 0. The average Bonchev–Trinajstić information content (AvgIpc) is 2.14. The van der Waals surface area contributed by atoms with Crippen LogP contribution in [0.4, 0.5) is 0 Å². The molecule has 0 aliphatic carbocycles. The lowest BCUT2D eigenvalue weighted by molar-refractivity contribution is -0.0866. The molecule has 0 heterocycles. The second kappa shape index (κ2) is 4.58. The summed E-state index contributed by atoms with van der Waals surface area (Å²) in [4.78, 5) is 5.50. The zero-order chi connectivity index (χ0) is 10.6. The number of hydroxylamine groups is 1. The molecule has 0 aromatic heterocycles. The molecule has 0 bridgehead atoms. The van der Waals surface area contributed by atoms with E-state index in [1.54, 1.807) is 0 Å². The lowest BCUT2D eigenvalue weighted by atomic mass is 10.1. The lowest BCUT2D eigenvalue weighted by Crippen LogP contribution is -2.30. The van der Waals surface area contributed by atoms with Gasteiger partial charge in [0.05, 0.1) is 11.6 Å². The van der Waals surface area contributed by atoms with Crippen LogP contribution in [0, 0.1) is 0 Å². The van der Waals surface area contributed by atoms with E-state index in [0.717, 1.165) is 0 Å². The molecule has 0 unspecified atom stereocenters. The van der Waals surface area contributed by atoms with Crippen molar-refractivity contribution in [2.75, 3.05) is 0 Å². The third-order valence-electron chi connectivity index (χ3n) is 1.84. The Morgan fingerprint density at radius 3 is 2.21 bits per heavy atom. The summed E-state index contributed by atoms with van der Waals surface area (Å²) in [6.45, 7) is 8.16. The van der Waals surface area contributed by atoms with Crippen LogP contribution >= 0.6 is 0 Å². The zero-order valence-corrected chi connectivity index (χ0v) is 9.37. The first-order chi connectivity index (χ1) is 6.49. The van der Waals surface area contributed by atoms with Crippen molar-refractivity contribution in [2.24, 2.45) is 0 Å². The van der Waals surface area contributed by atoms with Gasteiger partial charge in [-0.25, -0.2) is 0 Å². The van der Waals surface area contributed by atoms with Crippen LogP contribution in [-0.4, -0.2) is 5.60 Å². The molecule has 0 saturated carbocycles. The Bertz CT molecular complexity index is 263. The second-order valence-electron chi connectivity index (χ2n) is 4.46. The number of hydrogen-bond acceptors (Lipinski definition) is 2. The van der Waals surface area contributed by atoms with Gasteiger partial charge in [0.25, 0.3) is 0 Å². The Morgan fingerprint density at radius 1 is 1.14 bits per heavy atom. The van der Waals surface area contributed by atoms with Gasteiger partial charge in [0.2, 0.25) is 0 Å². The summed E-state index contributed by atoms with van der Waals surface area (Å²) in [6, 6.07) is 10.5. The topological polar surface area (TPSA) is 21.3 Å². The molecule has 1 rings (SSSR count). The molecule has 14 heavy (non-hydrogen) atoms. The summed E-state index contributed by atoms with van der Waals surface area (Å²) >= 11 is 0. The van der Waals surface area contributed by atoms with E-state index in [9.17, 15) is 0 Å². The largest absolute Gasteiger partial charge is 0.296 e. The lowest BCUT2D eigenvalue weighted by Gasteiger charge is -2.23. The smallest absolute Gasteiger partial charge is 0.0813 e. The Balaban J connectivity index is 2.48. The van der Waals surface area contributed by atoms with Gasteiger partial charge < -0.3 is 0 Å². The molecular formula is C12H19NO. The van der Waals surface area contributed by atoms with Gasteiger partial charge in [-0.05, 0) is 33.3 Å². The van der Waals surface area contributed by atoms with Crippen LogP contribution in [0.3, 0.4) is 0 Å². The molecule has 1 N–H and O–H groups in total. The monoisotopic (exact) mass is 193 g/mol. The van der Waals surface area contributed by atoms with Gasteiger partial charge in [0.15, 0.2) is 0 Å². The van der Waals surface area contributed by atoms with E-state index in [-0.39, 0.29) is 11.6 Å². The molecule has 2 heteroatoms. The number of hydrogen-bond donors (Lipinski definition) is 1. The molecule has 0 aliphatic rings. The van der Waals surface area contributed by atoms with Crippen molar-refractivity contribution in [2.45, 2.75) is 39.3 Å². The second-order valence-corrected chi connectivity index (χ2v) is 4.46. The fourth-order valence-electron chi connectivity index (χ4n) is 1.07. The van der Waals surface area contributed by atoms with Crippen molar-refractivity contribution in [1.29, 1.82) is 0 Å². The Morgan fingerprint density at radius 2 is 1.71 bits per heavy atom. The fourth-order valence-corrected chi connectivity index (χ4v) is 1.07. The highest BCUT2D eigenvalue weighted by molar-refractivity contribution is 5.17. The molecule has 0 spiro atoms. The van der Waals surface area contributed by atoms with E-state index in [0.29, 0.717) is 0 Å². The summed E-state index contributed by atoms with van der Waals surface area (Å²) in [6.07, 6.45) is 0. The third-order valence-corrected chi connectivity index (χ3v) is 1.84. The SMILES string of the molecule is C[C@@H](NOC(C)(C)C)c1ccccc1. The molecule has 0 amide bonds. The van der Waals surface area contributed by atoms with Gasteiger partial charge in [-0.2, -0.15) is 5.48 Å². The molecule has 1 aromatic rings. The summed E-state index contributed by atoms with van der Waals surface area (Å²) in [5.74, 6) is 0. The maximum Gasteiger partial charge on any atom is 0.0813 e. The maximum absolute atomic E-state index is 5.50. The highest BCUT2D eigenvalue weighted by Gasteiger charge is 2.12. The number of benzene rings is 1. The normalized spacial score (nSPS) is 14.0. The molecule has 1 aromatic carbocycles. The first-order valence-corrected chi connectivity index (χ1v) is 4.97. The van der Waals surface area contributed by atoms with Crippen molar-refractivity contribution >= 4 is 0 Å². The van der Waals surface area contributed by atoms with E-state index >= 15 is 0 Å². The molecular weight excluding hydrogens is 174 g/mol. The number of rotatable bonds is 3. The quantitative estimate of drug-likeness (QED) is 0.745. The number of nitrogens with one attached hydrogen (secondary N) is 1. The molecule has 0 fully saturated rings. The summed E-state index contributed by atoms with van der Waals surface area (Å²) in [5.41, 5.74) is 4.12. The Kier molecular flexibility index (Phi) is 3.67. The Hall–Kier alpha value is -0.860. The van der Waals surface area contributed by atoms with Crippen LogP contribution in [0.15, 0.2) is 30.3 Å². The van der Waals surface area contributed by atoms with Gasteiger partial charge in [-0.1, -0.05) is 30.3 Å². The molecule has 0 radical (unpaired) electrons. The minimum Gasteiger partial charge on any atom is -0.296 e. The van der Waals surface area contributed by atoms with Crippen molar-refractivity contribution < 1.29 is 4.84 Å². The van der Waals surface area contributed by atoms with Crippen LogP contribution in [0.25, 0.3) is 0 Å². The summed E-state index contributed by atoms with van der Waals surface area (Å²) < 4.78 is 0. The van der Waals surface area contributed by atoms with E-state index < -0.39 is 0 Å². The van der Waals surface area contributed by atoms with Crippen LogP contribution in [0.2, 0.25) is 0 Å². The minimum atomic E-state index is -0.150. The minimum absolute atomic E-state index is 0.150. The highest BCUT2D eigenvalue weighted by atomic mass is 16.7. The van der Waals surface area contributed by atoms with Crippen molar-refractivity contribution in [3.05, 3.63) is 35.9 Å². The highest BCUT2D eigenvalue weighted by Crippen LogP contribution is 2.13. The summed E-state index contributed by atoms with van der Waals surface area (Å²) in [7, 11) is 0. The molecule has 0 aliphatic heterocycles. The van der Waals surface area contributed by atoms with Gasteiger partial charge in [0, 0.05) is 0 Å². The average molecular weight is 193 g/mol. The third kappa shape index (κ3) is 3.90. The molecule has 0 saturated heterocycles. The fraction of sp³-hybridized carbons (Fsp3) is 0.500. The van der Waals surface area contributed by atoms with Gasteiger partial charge in [-0.3, -0.25) is 4.84 Å². The first kappa shape index (κ1) is 11.2. The van der Waals surface area contributed by atoms with Crippen molar-refractivity contribution in [1.82, 2.24) is 5.48 Å². The Labute approximate surface area is 86.2 Å². The van der Waals surface area contributed by atoms with Crippen LogP contribution in [-0.2, 0) is 4.84 Å². The predicted molar refractivity (Wildman–Crippen MR) is 58.8 cm³/mol. The van der Waals surface area contributed by atoms with Gasteiger partial charge in [-0.15, -0.1) is 0 Å². The van der Waals surface area contributed by atoms with Crippen LogP contribution in [0.5, 0.6) is 0 Å². The van der Waals surface area contributed by atoms with Gasteiger partial charge in [0.1, 0.15) is 0 Å². The van der Waals surface area contributed by atoms with Crippen LogP contribution in [0.1, 0.15) is 39.3 Å². The molecule has 1 atom stereocenters. The van der Waals surface area contributed by atoms with Crippen molar-refractivity contribution in [3.63, 3.8) is 0 Å². The van der Waals surface area contributed by atoms with E-state index in [1.807, 2.05) is 39.0 Å².